The number of rotatable bonds is 7. The summed E-state index contributed by atoms with van der Waals surface area (Å²) in [7, 11) is 0. The molecule has 130 valence electrons. The Morgan fingerprint density at radius 3 is 2.48 bits per heavy atom. The van der Waals surface area contributed by atoms with Crippen molar-refractivity contribution < 1.29 is 5.11 Å². The maximum absolute atomic E-state index is 9.73. The third-order valence-corrected chi connectivity index (χ3v) is 4.45. The summed E-state index contributed by atoms with van der Waals surface area (Å²) >= 11 is 0. The Hall–Kier alpha value is -2.50. The fourth-order valence-corrected chi connectivity index (χ4v) is 2.93. The van der Waals surface area contributed by atoms with E-state index in [1.807, 2.05) is 6.07 Å². The molecule has 3 aromatic rings. The standard InChI is InChI=1S/C20H24N4O/c1-3-16-4-7-18(8-5-16)19(12-25)22-11-17-6-9-20(15(2)10-17)24-14-21-13-23-24/h4-10,13-14,19,22,25H,3,11-12H2,1-2H3. The van der Waals surface area contributed by atoms with Crippen molar-refractivity contribution in [3.63, 3.8) is 0 Å². The summed E-state index contributed by atoms with van der Waals surface area (Å²) in [5, 5.41) is 17.3. The van der Waals surface area contributed by atoms with Crippen LogP contribution in [0.1, 0.15) is 35.2 Å². The van der Waals surface area contributed by atoms with Crippen LogP contribution in [0.3, 0.4) is 0 Å². The zero-order valence-electron chi connectivity index (χ0n) is 14.7. The molecule has 2 N–H and O–H groups in total. The molecule has 0 fully saturated rings. The van der Waals surface area contributed by atoms with E-state index < -0.39 is 0 Å². The Morgan fingerprint density at radius 1 is 1.12 bits per heavy atom. The largest absolute Gasteiger partial charge is 0.394 e. The van der Waals surface area contributed by atoms with Gasteiger partial charge >= 0.3 is 0 Å². The number of aliphatic hydroxyl groups is 1. The summed E-state index contributed by atoms with van der Waals surface area (Å²) in [4.78, 5) is 3.99. The van der Waals surface area contributed by atoms with Crippen molar-refractivity contribution in [3.8, 4) is 5.69 Å². The number of benzene rings is 2. The number of nitrogens with zero attached hydrogens (tertiary/aromatic N) is 3. The molecule has 5 heteroatoms. The van der Waals surface area contributed by atoms with Crippen molar-refractivity contribution in [1.82, 2.24) is 20.1 Å². The number of nitrogens with one attached hydrogen (secondary N) is 1. The zero-order chi connectivity index (χ0) is 17.6. The van der Waals surface area contributed by atoms with E-state index in [4.69, 9.17) is 0 Å². The molecule has 0 aliphatic rings. The predicted octanol–water partition coefficient (Wildman–Crippen LogP) is 2.96. The molecule has 0 bridgehead atoms. The van der Waals surface area contributed by atoms with Gasteiger partial charge in [-0.25, -0.2) is 9.67 Å². The Bertz CT molecular complexity index is 797. The first-order valence-electron chi connectivity index (χ1n) is 8.59. The molecular weight excluding hydrogens is 312 g/mol. The van der Waals surface area contributed by atoms with E-state index >= 15 is 0 Å². The summed E-state index contributed by atoms with van der Waals surface area (Å²) in [6, 6.07) is 14.6. The van der Waals surface area contributed by atoms with Crippen molar-refractivity contribution in [3.05, 3.63) is 77.4 Å². The van der Waals surface area contributed by atoms with E-state index in [2.05, 4.69) is 65.6 Å². The van der Waals surface area contributed by atoms with Gasteiger partial charge in [0.05, 0.1) is 18.3 Å². The molecule has 0 saturated heterocycles. The molecule has 3 rings (SSSR count). The molecule has 1 heterocycles. The van der Waals surface area contributed by atoms with E-state index in [0.29, 0.717) is 6.54 Å². The summed E-state index contributed by atoms with van der Waals surface area (Å²) < 4.78 is 1.76. The van der Waals surface area contributed by atoms with Crippen LogP contribution in [0, 0.1) is 6.92 Å². The fourth-order valence-electron chi connectivity index (χ4n) is 2.93. The van der Waals surface area contributed by atoms with E-state index in [0.717, 1.165) is 23.2 Å². The lowest BCUT2D eigenvalue weighted by atomic mass is 10.0. The second-order valence-corrected chi connectivity index (χ2v) is 6.17. The van der Waals surface area contributed by atoms with Gasteiger partial charge in [-0.15, -0.1) is 0 Å². The van der Waals surface area contributed by atoms with Crippen LogP contribution in [0.2, 0.25) is 0 Å². The average molecular weight is 336 g/mol. The van der Waals surface area contributed by atoms with E-state index in [1.165, 1.54) is 17.5 Å². The van der Waals surface area contributed by atoms with Crippen molar-refractivity contribution in [1.29, 1.82) is 0 Å². The molecular formula is C20H24N4O. The smallest absolute Gasteiger partial charge is 0.138 e. The van der Waals surface area contributed by atoms with Crippen molar-refractivity contribution in [2.75, 3.05) is 6.61 Å². The minimum Gasteiger partial charge on any atom is -0.394 e. The predicted molar refractivity (Wildman–Crippen MR) is 98.6 cm³/mol. The topological polar surface area (TPSA) is 63.0 Å². The normalized spacial score (nSPS) is 12.3. The van der Waals surface area contributed by atoms with Crippen LogP contribution in [0.15, 0.2) is 55.1 Å². The molecule has 1 unspecified atom stereocenters. The van der Waals surface area contributed by atoms with Crippen LogP contribution in [-0.4, -0.2) is 26.5 Å². The maximum atomic E-state index is 9.73. The lowest BCUT2D eigenvalue weighted by molar-refractivity contribution is 0.243. The number of aliphatic hydroxyl groups excluding tert-OH is 1. The highest BCUT2D eigenvalue weighted by Crippen LogP contribution is 2.17. The molecule has 0 spiro atoms. The van der Waals surface area contributed by atoms with Crippen molar-refractivity contribution in [2.45, 2.75) is 32.9 Å². The van der Waals surface area contributed by atoms with Crippen LogP contribution in [0.25, 0.3) is 5.69 Å². The SMILES string of the molecule is CCc1ccc(C(CO)NCc2ccc(-n3cncn3)c(C)c2)cc1. The van der Waals surface area contributed by atoms with Crippen LogP contribution in [0.4, 0.5) is 0 Å². The van der Waals surface area contributed by atoms with Crippen molar-refractivity contribution >= 4 is 0 Å². The molecule has 5 nitrogen and oxygen atoms in total. The summed E-state index contributed by atoms with van der Waals surface area (Å²) in [6.07, 6.45) is 4.25. The number of hydrogen-bond acceptors (Lipinski definition) is 4. The Morgan fingerprint density at radius 2 is 1.88 bits per heavy atom. The van der Waals surface area contributed by atoms with Crippen LogP contribution in [0.5, 0.6) is 0 Å². The summed E-state index contributed by atoms with van der Waals surface area (Å²) in [5.41, 5.74) is 5.74. The summed E-state index contributed by atoms with van der Waals surface area (Å²) in [6.45, 7) is 4.97. The highest BCUT2D eigenvalue weighted by atomic mass is 16.3. The molecule has 0 saturated carbocycles. The highest BCUT2D eigenvalue weighted by molar-refractivity contribution is 5.41. The Kier molecular flexibility index (Phi) is 5.58. The average Bonchev–Trinajstić information content (AvgIpc) is 3.17. The first-order chi connectivity index (χ1) is 12.2. The Balaban J connectivity index is 1.68. The van der Waals surface area contributed by atoms with Gasteiger partial charge in [0.15, 0.2) is 0 Å². The van der Waals surface area contributed by atoms with Gasteiger partial charge in [-0.3, -0.25) is 0 Å². The monoisotopic (exact) mass is 336 g/mol. The molecule has 2 aromatic carbocycles. The van der Waals surface area contributed by atoms with Gasteiger partial charge in [0.1, 0.15) is 12.7 Å². The van der Waals surface area contributed by atoms with Gasteiger partial charge in [-0.2, -0.15) is 5.10 Å². The lowest BCUT2D eigenvalue weighted by Gasteiger charge is -2.18. The minimum atomic E-state index is -0.0683. The third-order valence-electron chi connectivity index (χ3n) is 4.45. The van der Waals surface area contributed by atoms with Gasteiger partial charge in [0.2, 0.25) is 0 Å². The molecule has 0 radical (unpaired) electrons. The Labute approximate surface area is 148 Å². The van der Waals surface area contributed by atoms with Crippen LogP contribution in [-0.2, 0) is 13.0 Å². The maximum Gasteiger partial charge on any atom is 0.138 e. The molecule has 1 atom stereocenters. The molecule has 25 heavy (non-hydrogen) atoms. The third kappa shape index (κ3) is 4.13. The zero-order valence-corrected chi connectivity index (χ0v) is 14.7. The lowest BCUT2D eigenvalue weighted by Crippen LogP contribution is -2.24. The fraction of sp³-hybridized carbons (Fsp3) is 0.300. The van der Waals surface area contributed by atoms with E-state index in [-0.39, 0.29) is 12.6 Å². The van der Waals surface area contributed by atoms with Crippen LogP contribution < -0.4 is 5.32 Å². The van der Waals surface area contributed by atoms with E-state index in [9.17, 15) is 5.11 Å². The molecule has 1 aromatic heterocycles. The number of hydrogen-bond donors (Lipinski definition) is 2. The summed E-state index contributed by atoms with van der Waals surface area (Å²) in [5.74, 6) is 0. The first kappa shape index (κ1) is 17.3. The van der Waals surface area contributed by atoms with Crippen molar-refractivity contribution in [2.24, 2.45) is 0 Å². The second-order valence-electron chi connectivity index (χ2n) is 6.17. The first-order valence-corrected chi connectivity index (χ1v) is 8.59. The number of aromatic nitrogens is 3. The van der Waals surface area contributed by atoms with Gasteiger partial charge < -0.3 is 10.4 Å². The van der Waals surface area contributed by atoms with Crippen LogP contribution >= 0.6 is 0 Å². The van der Waals surface area contributed by atoms with Gasteiger partial charge in [-0.05, 0) is 41.7 Å². The molecule has 0 aliphatic heterocycles. The van der Waals surface area contributed by atoms with Gasteiger partial charge in [0.25, 0.3) is 0 Å². The molecule has 0 aliphatic carbocycles. The van der Waals surface area contributed by atoms with E-state index in [1.54, 1.807) is 11.0 Å². The number of aryl methyl sites for hydroxylation is 2. The quantitative estimate of drug-likeness (QED) is 0.696. The van der Waals surface area contributed by atoms with Gasteiger partial charge in [0, 0.05) is 6.54 Å². The van der Waals surface area contributed by atoms with Gasteiger partial charge in [-0.1, -0.05) is 43.3 Å². The highest BCUT2D eigenvalue weighted by Gasteiger charge is 2.10. The minimum absolute atomic E-state index is 0.0683. The molecule has 0 amide bonds. The second kappa shape index (κ2) is 8.05.